The molecule has 31 heavy (non-hydrogen) atoms. The Morgan fingerprint density at radius 3 is 2.74 bits per heavy atom. The maximum Gasteiger partial charge on any atom is 0.266 e. The largest absolute Gasteiger partial charge is 0.368 e. The number of benzene rings is 2. The quantitative estimate of drug-likeness (QED) is 0.524. The fraction of sp³-hybridized carbons (Fsp3) is 0.136. The Morgan fingerprint density at radius 2 is 2.00 bits per heavy atom. The second-order valence-electron chi connectivity index (χ2n) is 7.03. The molecule has 0 saturated heterocycles. The van der Waals surface area contributed by atoms with Crippen LogP contribution in [0.25, 0.3) is 16.6 Å². The van der Waals surface area contributed by atoms with Gasteiger partial charge >= 0.3 is 0 Å². The van der Waals surface area contributed by atoms with Crippen LogP contribution in [0.4, 0.5) is 16.2 Å². The number of anilines is 2. The summed E-state index contributed by atoms with van der Waals surface area (Å²) in [7, 11) is 0. The van der Waals surface area contributed by atoms with Crippen LogP contribution in [0.1, 0.15) is 29.9 Å². The molecular weight excluding hydrogens is 397 g/mol. The molecule has 0 spiro atoms. The number of hydrogen-bond donors (Lipinski definition) is 2. The Bertz CT molecular complexity index is 1410. The van der Waals surface area contributed by atoms with E-state index in [0.29, 0.717) is 22.4 Å². The summed E-state index contributed by atoms with van der Waals surface area (Å²) in [4.78, 5) is 26.1. The SMILES string of the molecule is Cc1cccc2nc(C(C)Nc3nc(N)ncc3C#N)n(-c3cccc(F)c3)c(=O)c12. The Balaban J connectivity index is 1.95. The molecule has 9 heteroatoms. The molecule has 0 saturated carbocycles. The second-order valence-corrected chi connectivity index (χ2v) is 7.03. The van der Waals surface area contributed by atoms with Crippen molar-refractivity contribution in [2.45, 2.75) is 19.9 Å². The molecular formula is C22H18FN7O. The zero-order valence-electron chi connectivity index (χ0n) is 16.8. The molecule has 2 aromatic heterocycles. The van der Waals surface area contributed by atoms with E-state index in [4.69, 9.17) is 10.7 Å². The van der Waals surface area contributed by atoms with E-state index in [9.17, 15) is 14.4 Å². The molecule has 0 fully saturated rings. The molecule has 1 unspecified atom stereocenters. The molecule has 2 aromatic carbocycles. The molecule has 0 aliphatic rings. The first-order valence-corrected chi connectivity index (χ1v) is 9.46. The van der Waals surface area contributed by atoms with Crippen molar-refractivity contribution in [3.8, 4) is 11.8 Å². The summed E-state index contributed by atoms with van der Waals surface area (Å²) in [6, 6.07) is 12.5. The minimum Gasteiger partial charge on any atom is -0.368 e. The van der Waals surface area contributed by atoms with Crippen LogP contribution in [-0.2, 0) is 0 Å². The Labute approximate surface area is 176 Å². The monoisotopic (exact) mass is 415 g/mol. The topological polar surface area (TPSA) is 123 Å². The van der Waals surface area contributed by atoms with Gasteiger partial charge in [0, 0.05) is 0 Å². The highest BCUT2D eigenvalue weighted by atomic mass is 19.1. The van der Waals surface area contributed by atoms with E-state index in [1.807, 2.05) is 25.1 Å². The molecule has 4 aromatic rings. The van der Waals surface area contributed by atoms with Gasteiger partial charge in [0.25, 0.3) is 5.56 Å². The number of halogens is 1. The molecule has 0 aliphatic carbocycles. The number of hydrogen-bond acceptors (Lipinski definition) is 7. The van der Waals surface area contributed by atoms with Gasteiger partial charge in [0.05, 0.1) is 28.8 Å². The molecule has 1 atom stereocenters. The standard InChI is InChI=1S/C22H18FN7O/c1-12-5-3-8-17-18(12)21(31)30(16-7-4-6-15(23)9-16)20(28-17)13(2)27-19-14(10-24)11-26-22(25)29-19/h3-9,11,13H,1-2H3,(H3,25,26,27,29). The van der Waals surface area contributed by atoms with Crippen molar-refractivity contribution < 1.29 is 4.39 Å². The average molecular weight is 415 g/mol. The van der Waals surface area contributed by atoms with Gasteiger partial charge in [-0.3, -0.25) is 9.36 Å². The van der Waals surface area contributed by atoms with Crippen LogP contribution in [0, 0.1) is 24.1 Å². The third kappa shape index (κ3) is 3.67. The van der Waals surface area contributed by atoms with Crippen molar-refractivity contribution in [3.63, 3.8) is 0 Å². The molecule has 0 amide bonds. The third-order valence-electron chi connectivity index (χ3n) is 4.87. The van der Waals surface area contributed by atoms with E-state index < -0.39 is 11.9 Å². The zero-order valence-corrected chi connectivity index (χ0v) is 16.8. The number of nitrogen functional groups attached to an aromatic ring is 1. The van der Waals surface area contributed by atoms with Crippen LogP contribution in [0.2, 0.25) is 0 Å². The lowest BCUT2D eigenvalue weighted by Crippen LogP contribution is -2.28. The van der Waals surface area contributed by atoms with Gasteiger partial charge in [0.15, 0.2) is 0 Å². The summed E-state index contributed by atoms with van der Waals surface area (Å²) in [6.07, 6.45) is 1.31. The van der Waals surface area contributed by atoms with Crippen molar-refractivity contribution in [3.05, 3.63) is 81.8 Å². The van der Waals surface area contributed by atoms with E-state index in [0.717, 1.165) is 5.56 Å². The Morgan fingerprint density at radius 1 is 1.23 bits per heavy atom. The van der Waals surface area contributed by atoms with Crippen LogP contribution < -0.4 is 16.6 Å². The van der Waals surface area contributed by atoms with Gasteiger partial charge in [-0.1, -0.05) is 18.2 Å². The van der Waals surface area contributed by atoms with Crippen molar-refractivity contribution >= 4 is 22.7 Å². The number of fused-ring (bicyclic) bond motifs is 1. The van der Waals surface area contributed by atoms with Crippen LogP contribution in [-0.4, -0.2) is 19.5 Å². The highest BCUT2D eigenvalue weighted by Gasteiger charge is 2.20. The summed E-state index contributed by atoms with van der Waals surface area (Å²) >= 11 is 0. The van der Waals surface area contributed by atoms with E-state index >= 15 is 0 Å². The highest BCUT2D eigenvalue weighted by molar-refractivity contribution is 5.81. The molecule has 3 N–H and O–H groups in total. The molecule has 2 heterocycles. The van der Waals surface area contributed by atoms with E-state index in [-0.39, 0.29) is 22.9 Å². The van der Waals surface area contributed by atoms with Gasteiger partial charge in [-0.05, 0) is 43.7 Å². The van der Waals surface area contributed by atoms with E-state index in [2.05, 4.69) is 15.3 Å². The number of nitrogens with two attached hydrogens (primary N) is 1. The van der Waals surface area contributed by atoms with E-state index in [1.165, 1.54) is 29.0 Å². The van der Waals surface area contributed by atoms with Gasteiger partial charge in [-0.15, -0.1) is 0 Å². The smallest absolute Gasteiger partial charge is 0.266 e. The summed E-state index contributed by atoms with van der Waals surface area (Å²) < 4.78 is 15.3. The maximum absolute atomic E-state index is 14.0. The molecule has 0 bridgehead atoms. The predicted molar refractivity (Wildman–Crippen MR) is 115 cm³/mol. The number of aromatic nitrogens is 4. The number of nitrogens with zero attached hydrogens (tertiary/aromatic N) is 5. The van der Waals surface area contributed by atoms with Crippen LogP contribution >= 0.6 is 0 Å². The summed E-state index contributed by atoms with van der Waals surface area (Å²) in [5.41, 5.74) is 7.16. The maximum atomic E-state index is 14.0. The number of nitriles is 1. The molecule has 8 nitrogen and oxygen atoms in total. The lowest BCUT2D eigenvalue weighted by atomic mass is 10.1. The van der Waals surface area contributed by atoms with E-state index in [1.54, 1.807) is 19.1 Å². The normalized spacial score (nSPS) is 11.8. The van der Waals surface area contributed by atoms with Crippen molar-refractivity contribution in [1.82, 2.24) is 19.5 Å². The lowest BCUT2D eigenvalue weighted by molar-refractivity contribution is 0.624. The summed E-state index contributed by atoms with van der Waals surface area (Å²) in [5, 5.41) is 12.9. The number of rotatable bonds is 4. The van der Waals surface area contributed by atoms with Gasteiger partial charge in [0.2, 0.25) is 5.95 Å². The first-order valence-electron chi connectivity index (χ1n) is 9.46. The van der Waals surface area contributed by atoms with Crippen LogP contribution in [0.5, 0.6) is 0 Å². The molecule has 4 rings (SSSR count). The molecule has 154 valence electrons. The second kappa shape index (κ2) is 7.84. The van der Waals surface area contributed by atoms with Gasteiger partial charge in [-0.2, -0.15) is 10.2 Å². The minimum absolute atomic E-state index is 0.00156. The van der Waals surface area contributed by atoms with Crippen LogP contribution in [0.3, 0.4) is 0 Å². The van der Waals surface area contributed by atoms with Gasteiger partial charge in [0.1, 0.15) is 29.1 Å². The summed E-state index contributed by atoms with van der Waals surface area (Å²) in [6.45, 7) is 3.59. The number of aryl methyl sites for hydroxylation is 1. The average Bonchev–Trinajstić information content (AvgIpc) is 2.73. The minimum atomic E-state index is -0.581. The van der Waals surface area contributed by atoms with Crippen molar-refractivity contribution in [2.75, 3.05) is 11.1 Å². The molecule has 0 aliphatic heterocycles. The first kappa shape index (κ1) is 20.0. The fourth-order valence-electron chi connectivity index (χ4n) is 3.43. The molecule has 0 radical (unpaired) electrons. The predicted octanol–water partition coefficient (Wildman–Crippen LogP) is 3.25. The van der Waals surface area contributed by atoms with Crippen LogP contribution in [0.15, 0.2) is 53.5 Å². The lowest BCUT2D eigenvalue weighted by Gasteiger charge is -2.21. The number of nitrogens with one attached hydrogen (secondary N) is 1. The van der Waals surface area contributed by atoms with Crippen molar-refractivity contribution in [2.24, 2.45) is 0 Å². The Kier molecular flexibility index (Phi) is 5.05. The van der Waals surface area contributed by atoms with Gasteiger partial charge < -0.3 is 11.1 Å². The van der Waals surface area contributed by atoms with Crippen molar-refractivity contribution in [1.29, 1.82) is 5.26 Å². The fourth-order valence-corrected chi connectivity index (χ4v) is 3.43. The third-order valence-corrected chi connectivity index (χ3v) is 4.87. The first-order chi connectivity index (χ1) is 14.9. The highest BCUT2D eigenvalue weighted by Crippen LogP contribution is 2.24. The Hall–Kier alpha value is -4.32. The van der Waals surface area contributed by atoms with Gasteiger partial charge in [-0.25, -0.2) is 14.4 Å². The zero-order chi connectivity index (χ0) is 22.1. The summed E-state index contributed by atoms with van der Waals surface area (Å²) in [5.74, 6) is 0.0659.